The van der Waals surface area contributed by atoms with Gasteiger partial charge in [0.25, 0.3) is 5.91 Å². The molecule has 1 aliphatic carbocycles. The molecule has 3 aliphatic rings. The van der Waals surface area contributed by atoms with Gasteiger partial charge in [-0.1, -0.05) is 33.3 Å². The van der Waals surface area contributed by atoms with Crippen molar-refractivity contribution in [1.82, 2.24) is 10.0 Å². The Kier molecular flexibility index (Phi) is 21.4. The van der Waals surface area contributed by atoms with Gasteiger partial charge in [-0.05, 0) is 91.6 Å². The summed E-state index contributed by atoms with van der Waals surface area (Å²) in [6, 6.07) is 11.8. The first kappa shape index (κ1) is 56.5. The van der Waals surface area contributed by atoms with Crippen molar-refractivity contribution in [2.45, 2.75) is 88.4 Å². The predicted octanol–water partition coefficient (Wildman–Crippen LogP) is 2.82. The van der Waals surface area contributed by atoms with Crippen LogP contribution in [0, 0.1) is 0 Å². The van der Waals surface area contributed by atoms with E-state index in [1.165, 1.54) is 12.1 Å². The number of hydrogen-bond donors (Lipinski definition) is 2. The molecule has 0 saturated heterocycles. The third kappa shape index (κ3) is 17.7. The van der Waals surface area contributed by atoms with Crippen molar-refractivity contribution in [2.75, 3.05) is 89.4 Å². The number of benzene rings is 2. The van der Waals surface area contributed by atoms with Gasteiger partial charge in [0, 0.05) is 66.4 Å². The Morgan fingerprint density at radius 3 is 2.09 bits per heavy atom. The lowest BCUT2D eigenvalue weighted by Gasteiger charge is -2.31. The van der Waals surface area contributed by atoms with Crippen molar-refractivity contribution in [1.29, 1.82) is 0 Å². The third-order valence-corrected chi connectivity index (χ3v) is 13.9. The summed E-state index contributed by atoms with van der Waals surface area (Å²) in [6.07, 6.45) is 7.69. The first-order valence-electron chi connectivity index (χ1n) is 22.6. The largest absolute Gasteiger partial charge is 0.748 e. The van der Waals surface area contributed by atoms with Crippen LogP contribution in [0.4, 0.5) is 5.69 Å². The summed E-state index contributed by atoms with van der Waals surface area (Å²) in [5, 5.41) is 0.711. The lowest BCUT2D eigenvalue weighted by atomic mass is 9.77. The van der Waals surface area contributed by atoms with Gasteiger partial charge in [0.2, 0.25) is 5.36 Å². The maximum absolute atomic E-state index is 12.3. The summed E-state index contributed by atoms with van der Waals surface area (Å²) in [6.45, 7) is 11.8. The Morgan fingerprint density at radius 1 is 0.824 bits per heavy atom. The molecule has 68 heavy (non-hydrogen) atoms. The molecule has 1 unspecified atom stereocenters. The highest BCUT2D eigenvalue weighted by Gasteiger charge is 2.43. The van der Waals surface area contributed by atoms with Gasteiger partial charge in [-0.25, -0.2) is 35.3 Å². The van der Waals surface area contributed by atoms with Gasteiger partial charge in [-0.15, -0.1) is 0 Å². The lowest BCUT2D eigenvalue weighted by Crippen LogP contribution is -2.67. The van der Waals surface area contributed by atoms with Crippen LogP contribution >= 0.6 is 0 Å². The van der Waals surface area contributed by atoms with Crippen molar-refractivity contribution in [3.63, 3.8) is 0 Å². The molecule has 380 valence electrons. The molecule has 1 aromatic carbocycles. The number of nitrogens with one attached hydrogen (secondary N) is 1. The molecule has 0 saturated carbocycles. The van der Waals surface area contributed by atoms with Gasteiger partial charge < -0.3 is 41.9 Å². The molecule has 2 aliphatic heterocycles. The molecule has 4 rings (SSSR count). The van der Waals surface area contributed by atoms with Crippen LogP contribution in [-0.4, -0.2) is 129 Å². The van der Waals surface area contributed by atoms with Crippen LogP contribution in [0.3, 0.4) is 0 Å². The van der Waals surface area contributed by atoms with Crippen LogP contribution in [0.15, 0.2) is 69.6 Å². The maximum atomic E-state index is 12.3. The smallest absolute Gasteiger partial charge is 0.264 e. The minimum atomic E-state index is -4.87. The molecule has 4 N–H and O–H groups in total. The Bertz CT molecular complexity index is 2590. The molecule has 0 spiro atoms. The Hall–Kier alpha value is -4.07. The summed E-state index contributed by atoms with van der Waals surface area (Å²) in [7, 11) is -12.3. The normalized spacial score (nSPS) is 16.8. The van der Waals surface area contributed by atoms with E-state index in [2.05, 4.69) is 32.0 Å². The van der Waals surface area contributed by atoms with Crippen LogP contribution in [0.5, 0.6) is 0 Å². The average molecular weight is 1010 g/mol. The Balaban J connectivity index is 1.75. The highest BCUT2D eigenvalue weighted by molar-refractivity contribution is 7.86. The Morgan fingerprint density at radius 2 is 1.47 bits per heavy atom. The molecule has 0 radical (unpaired) electrons. The monoisotopic (exact) mass is 1010 g/mol. The SMILES string of the molecule is COCCOCCOCCOCC[N+](CCCS(=O)(=O)[O-])=c1ccc2c(C(C)(C)C)cc(/C=C/C=C3/N(CCCCCC(=O)N[NH3+])c4ccc(S(=O)(=O)[O-])cc4C3(C)CCCS(=O)(=O)[O-])oc-2c1. The number of carbonyl (C=O) groups is 1. The topological polar surface area (TPSA) is 285 Å². The molecule has 0 aromatic heterocycles. The van der Waals surface area contributed by atoms with E-state index in [0.29, 0.717) is 106 Å². The first-order valence-corrected chi connectivity index (χ1v) is 27.1. The van der Waals surface area contributed by atoms with E-state index in [1.54, 1.807) is 25.3 Å². The van der Waals surface area contributed by atoms with Crippen molar-refractivity contribution < 1.29 is 72.9 Å². The van der Waals surface area contributed by atoms with Crippen LogP contribution < -0.4 is 26.1 Å². The fourth-order valence-corrected chi connectivity index (χ4v) is 9.58. The van der Waals surface area contributed by atoms with E-state index in [4.69, 9.17) is 23.4 Å². The molecular weight excluding hydrogens is 945 g/mol. The number of carbonyl (C=O) groups excluding carboxylic acids is 1. The summed E-state index contributed by atoms with van der Waals surface area (Å²) in [5.41, 5.74) is 4.54. The first-order chi connectivity index (χ1) is 32.0. The second kappa shape index (κ2) is 25.7. The van der Waals surface area contributed by atoms with Crippen LogP contribution in [0.2, 0.25) is 0 Å². The predicted molar refractivity (Wildman–Crippen MR) is 252 cm³/mol. The molecule has 0 fully saturated rings. The van der Waals surface area contributed by atoms with Crippen LogP contribution in [0.25, 0.3) is 17.4 Å². The number of unbranched alkanes of at least 4 members (excludes halogenated alkanes) is 2. The fraction of sp³-hybridized carbons (Fsp3) is 0.565. The number of fused-ring (bicyclic) bond motifs is 2. The van der Waals surface area contributed by atoms with Crippen molar-refractivity contribution >= 4 is 48.0 Å². The van der Waals surface area contributed by atoms with E-state index in [0.717, 1.165) is 11.1 Å². The van der Waals surface area contributed by atoms with E-state index >= 15 is 0 Å². The number of allylic oxidation sites excluding steroid dienone is 3. The number of anilines is 1. The zero-order chi connectivity index (χ0) is 50.2. The zero-order valence-electron chi connectivity index (χ0n) is 39.7. The summed E-state index contributed by atoms with van der Waals surface area (Å²) < 4.78 is 137. The molecule has 2 heterocycles. The summed E-state index contributed by atoms with van der Waals surface area (Å²) in [5.74, 6) is 3.04. The molecule has 1 atom stereocenters. The summed E-state index contributed by atoms with van der Waals surface area (Å²) in [4.78, 5) is 13.4. The number of amides is 1. The van der Waals surface area contributed by atoms with Gasteiger partial charge >= 0.3 is 0 Å². The Labute approximate surface area is 400 Å². The van der Waals surface area contributed by atoms with Crippen LogP contribution in [0.1, 0.15) is 89.5 Å². The van der Waals surface area contributed by atoms with Crippen molar-refractivity contribution in [3.8, 4) is 11.3 Å². The second-order valence-corrected chi connectivity index (χ2v) is 22.2. The average Bonchev–Trinajstić information content (AvgIpc) is 3.48. The van der Waals surface area contributed by atoms with E-state index in [1.807, 2.05) is 46.7 Å². The molecule has 1 aromatic rings. The molecular formula is C46H67N4O15S3-. The number of hydrogen-bond acceptors (Lipinski definition) is 16. The van der Waals surface area contributed by atoms with E-state index in [9.17, 15) is 43.7 Å². The maximum Gasteiger partial charge on any atom is 0.264 e. The number of ether oxygens (including phenoxy) is 4. The molecule has 22 heteroatoms. The number of quaternary nitrogens is 1. The highest BCUT2D eigenvalue weighted by Crippen LogP contribution is 2.51. The fourth-order valence-electron chi connectivity index (χ4n) is 8.10. The van der Waals surface area contributed by atoms with Gasteiger partial charge in [-0.2, -0.15) is 0 Å². The second-order valence-electron chi connectivity index (χ2n) is 17.7. The van der Waals surface area contributed by atoms with Crippen molar-refractivity contribution in [3.05, 3.63) is 82.6 Å². The minimum absolute atomic E-state index is 0.0431. The molecule has 19 nitrogen and oxygen atoms in total. The van der Waals surface area contributed by atoms with Gasteiger partial charge in [0.15, 0.2) is 6.54 Å². The van der Waals surface area contributed by atoms with Gasteiger partial charge in [0.1, 0.15) is 34.8 Å². The lowest BCUT2D eigenvalue weighted by molar-refractivity contribution is -0.427. The van der Waals surface area contributed by atoms with E-state index in [-0.39, 0.29) is 50.2 Å². The number of methoxy groups -OCH3 is 1. The van der Waals surface area contributed by atoms with Crippen molar-refractivity contribution in [2.24, 2.45) is 0 Å². The molecule has 1 amide bonds. The van der Waals surface area contributed by atoms with Gasteiger partial charge in [0.05, 0.1) is 70.8 Å². The van der Waals surface area contributed by atoms with Crippen LogP contribution in [-0.2, 0) is 64.9 Å². The number of rotatable bonds is 29. The highest BCUT2D eigenvalue weighted by atomic mass is 32.2. The number of nitrogens with zero attached hydrogens (tertiary/aromatic N) is 2. The third-order valence-electron chi connectivity index (χ3n) is 11.5. The minimum Gasteiger partial charge on any atom is -0.748 e. The molecule has 0 bridgehead atoms. The quantitative estimate of drug-likeness (QED) is 0.0438. The van der Waals surface area contributed by atoms with E-state index < -0.39 is 52.2 Å². The standard InChI is InChI=1S/C46H68N4O15S3/c1-45(2,3)39-33-36(65-42-32-35(15-17-38(39)42)49(20-11-31-67(55,56)57)22-23-62-26-27-64-29-28-63-25-24-61-5)12-9-13-43-46(4,19-10-30-66(52,53)54)40-34-37(68(58,59)60)16-18-41(40)50(43)21-8-6-7-14-44(51)48-47/h9,12-13,15-18,32-34H,6-8,10-11,14,19-31,47H2,1-5H3,(H3-,48,51,52,53,54,55,56,57,58,59,60)/p-1. The van der Waals surface area contributed by atoms with Gasteiger partial charge in [-0.3, -0.25) is 10.6 Å². The summed E-state index contributed by atoms with van der Waals surface area (Å²) >= 11 is 0. The zero-order valence-corrected chi connectivity index (χ0v) is 42.1.